The standard InChI is InChI=1S/C11H14BNO3/c1-2-16-10(14)9-8-5-3-4-7(8)6-13(9)11(12)15/h3-4,7-9H,2,5-6H2,1H3/t7-,8-,9-/m0/s1. The fourth-order valence-electron chi connectivity index (χ4n) is 2.62. The van der Waals surface area contributed by atoms with Gasteiger partial charge in [0.05, 0.1) is 6.61 Å². The third-order valence-corrected chi connectivity index (χ3v) is 3.30. The second kappa shape index (κ2) is 4.32. The molecule has 0 aromatic heterocycles. The number of hydrogen-bond acceptors (Lipinski definition) is 3. The number of carbonyl (C=O) groups is 2. The molecule has 0 spiro atoms. The zero-order valence-electron chi connectivity index (χ0n) is 9.26. The first-order valence-electron chi connectivity index (χ1n) is 5.54. The highest BCUT2D eigenvalue weighted by Gasteiger charge is 2.47. The van der Waals surface area contributed by atoms with Crippen LogP contribution in [0.1, 0.15) is 13.3 Å². The summed E-state index contributed by atoms with van der Waals surface area (Å²) in [6, 6.07) is -0.502. The van der Waals surface area contributed by atoms with Crippen molar-refractivity contribution in [3.63, 3.8) is 0 Å². The Labute approximate surface area is 96.0 Å². The van der Waals surface area contributed by atoms with Crippen LogP contribution in [0.3, 0.4) is 0 Å². The molecule has 0 N–H and O–H groups in total. The number of amides is 1. The molecule has 0 aromatic rings. The zero-order chi connectivity index (χ0) is 11.7. The lowest BCUT2D eigenvalue weighted by atomic mass is 9.93. The molecule has 1 saturated heterocycles. The summed E-state index contributed by atoms with van der Waals surface area (Å²) in [4.78, 5) is 24.5. The molecule has 2 aliphatic rings. The number of ether oxygens (including phenoxy) is 1. The minimum absolute atomic E-state index is 0.145. The number of rotatable bonds is 2. The van der Waals surface area contributed by atoms with Crippen LogP contribution in [-0.2, 0) is 9.53 Å². The SMILES string of the molecule is [B]C(=O)N1C[C@@H]2C=CC[C@@H]2[C@H]1C(=O)OCC. The van der Waals surface area contributed by atoms with Gasteiger partial charge in [0.15, 0.2) is 5.81 Å². The van der Waals surface area contributed by atoms with Gasteiger partial charge in [-0.2, -0.15) is 0 Å². The third kappa shape index (κ3) is 1.74. The van der Waals surface area contributed by atoms with Crippen LogP contribution in [0.25, 0.3) is 0 Å². The summed E-state index contributed by atoms with van der Waals surface area (Å²) in [5.74, 6) is -0.480. The zero-order valence-corrected chi connectivity index (χ0v) is 9.26. The van der Waals surface area contributed by atoms with Gasteiger partial charge in [-0.1, -0.05) is 12.2 Å². The Morgan fingerprint density at radius 1 is 1.56 bits per heavy atom. The first-order chi connectivity index (χ1) is 7.65. The molecule has 1 fully saturated rings. The van der Waals surface area contributed by atoms with Crippen LogP contribution in [0, 0.1) is 11.8 Å². The molecule has 4 nitrogen and oxygen atoms in total. The van der Waals surface area contributed by atoms with Crippen molar-refractivity contribution in [2.24, 2.45) is 11.8 Å². The van der Waals surface area contributed by atoms with Crippen molar-refractivity contribution >= 4 is 19.6 Å². The van der Waals surface area contributed by atoms with Crippen LogP contribution in [0.15, 0.2) is 12.2 Å². The number of nitrogens with zero attached hydrogens (tertiary/aromatic N) is 1. The Bertz CT molecular complexity index is 342. The van der Waals surface area contributed by atoms with Crippen LogP contribution >= 0.6 is 0 Å². The summed E-state index contributed by atoms with van der Waals surface area (Å²) in [5.41, 5.74) is 0. The van der Waals surface area contributed by atoms with Gasteiger partial charge >= 0.3 is 5.97 Å². The van der Waals surface area contributed by atoms with Gasteiger partial charge in [0.2, 0.25) is 7.85 Å². The van der Waals surface area contributed by atoms with Gasteiger partial charge < -0.3 is 9.64 Å². The molecule has 0 bridgehead atoms. The quantitative estimate of drug-likeness (QED) is 0.390. The smallest absolute Gasteiger partial charge is 0.329 e. The molecule has 5 heteroatoms. The highest BCUT2D eigenvalue weighted by atomic mass is 16.5. The lowest BCUT2D eigenvalue weighted by molar-refractivity contribution is -0.148. The minimum Gasteiger partial charge on any atom is -0.464 e. The van der Waals surface area contributed by atoms with Crippen LogP contribution < -0.4 is 0 Å². The van der Waals surface area contributed by atoms with Gasteiger partial charge in [-0.25, -0.2) is 4.79 Å². The van der Waals surface area contributed by atoms with Crippen molar-refractivity contribution in [3.05, 3.63) is 12.2 Å². The van der Waals surface area contributed by atoms with E-state index in [2.05, 4.69) is 12.2 Å². The van der Waals surface area contributed by atoms with Crippen LogP contribution in [0.2, 0.25) is 0 Å². The number of likely N-dealkylation sites (tertiary alicyclic amines) is 1. The summed E-state index contributed by atoms with van der Waals surface area (Å²) in [5, 5.41) is 0. The van der Waals surface area contributed by atoms with Crippen molar-refractivity contribution in [3.8, 4) is 0 Å². The molecule has 1 heterocycles. The number of allylic oxidation sites excluding steroid dienone is 1. The number of hydrogen-bond donors (Lipinski definition) is 0. The molecular weight excluding hydrogens is 205 g/mol. The van der Waals surface area contributed by atoms with E-state index in [-0.39, 0.29) is 17.8 Å². The first-order valence-corrected chi connectivity index (χ1v) is 5.54. The first kappa shape index (κ1) is 11.2. The van der Waals surface area contributed by atoms with Crippen molar-refractivity contribution in [1.29, 1.82) is 0 Å². The number of esters is 1. The van der Waals surface area contributed by atoms with Gasteiger partial charge in [-0.05, 0) is 13.3 Å². The van der Waals surface area contributed by atoms with E-state index in [0.29, 0.717) is 13.2 Å². The van der Waals surface area contributed by atoms with Gasteiger partial charge in [-0.15, -0.1) is 0 Å². The molecule has 16 heavy (non-hydrogen) atoms. The maximum Gasteiger partial charge on any atom is 0.329 e. The van der Waals surface area contributed by atoms with Crippen molar-refractivity contribution < 1.29 is 14.3 Å². The Balaban J connectivity index is 2.17. The summed E-state index contributed by atoms with van der Waals surface area (Å²) in [6.45, 7) is 2.61. The molecular formula is C11H14BNO3. The summed E-state index contributed by atoms with van der Waals surface area (Å²) >= 11 is 0. The van der Waals surface area contributed by atoms with E-state index < -0.39 is 11.8 Å². The summed E-state index contributed by atoms with van der Waals surface area (Å²) in [6.07, 6.45) is 4.93. The maximum atomic E-state index is 11.8. The summed E-state index contributed by atoms with van der Waals surface area (Å²) < 4.78 is 5.00. The molecule has 2 radical (unpaired) electrons. The van der Waals surface area contributed by atoms with E-state index in [0.717, 1.165) is 6.42 Å². The van der Waals surface area contributed by atoms with Crippen molar-refractivity contribution in [1.82, 2.24) is 4.90 Å². The Morgan fingerprint density at radius 3 is 2.94 bits per heavy atom. The lowest BCUT2D eigenvalue weighted by Crippen LogP contribution is -2.43. The average Bonchev–Trinajstić information content (AvgIpc) is 2.75. The molecule has 0 unspecified atom stereocenters. The van der Waals surface area contributed by atoms with Crippen LogP contribution in [0.5, 0.6) is 0 Å². The Hall–Kier alpha value is -1.26. The topological polar surface area (TPSA) is 46.6 Å². The largest absolute Gasteiger partial charge is 0.464 e. The second-order valence-corrected chi connectivity index (χ2v) is 4.18. The van der Waals surface area contributed by atoms with E-state index in [1.165, 1.54) is 4.90 Å². The third-order valence-electron chi connectivity index (χ3n) is 3.30. The number of carbonyl (C=O) groups excluding carboxylic acids is 2. The highest BCUT2D eigenvalue weighted by Crippen LogP contribution is 2.38. The van der Waals surface area contributed by atoms with E-state index in [9.17, 15) is 9.59 Å². The fourth-order valence-corrected chi connectivity index (χ4v) is 2.62. The highest BCUT2D eigenvalue weighted by molar-refractivity contribution is 6.57. The Kier molecular flexibility index (Phi) is 3.03. The van der Waals surface area contributed by atoms with Crippen LogP contribution in [-0.4, -0.2) is 43.7 Å². The summed E-state index contributed by atoms with van der Waals surface area (Å²) in [7, 11) is 5.28. The van der Waals surface area contributed by atoms with E-state index >= 15 is 0 Å². The fraction of sp³-hybridized carbons (Fsp3) is 0.636. The molecule has 1 aliphatic carbocycles. The van der Waals surface area contributed by atoms with Crippen molar-refractivity contribution in [2.75, 3.05) is 13.2 Å². The van der Waals surface area contributed by atoms with Crippen LogP contribution in [0.4, 0.5) is 4.79 Å². The van der Waals surface area contributed by atoms with Gasteiger partial charge in [-0.3, -0.25) is 4.79 Å². The van der Waals surface area contributed by atoms with E-state index in [4.69, 9.17) is 12.6 Å². The molecule has 84 valence electrons. The lowest BCUT2D eigenvalue weighted by Gasteiger charge is -2.25. The monoisotopic (exact) mass is 219 g/mol. The van der Waals surface area contributed by atoms with Gasteiger partial charge in [0.1, 0.15) is 6.04 Å². The number of fused-ring (bicyclic) bond motifs is 1. The predicted molar refractivity (Wildman–Crippen MR) is 59.0 cm³/mol. The predicted octanol–water partition coefficient (Wildman–Crippen LogP) is 0.715. The average molecular weight is 219 g/mol. The molecule has 0 saturated carbocycles. The van der Waals surface area contributed by atoms with E-state index in [1.807, 2.05) is 0 Å². The minimum atomic E-state index is -0.541. The van der Waals surface area contributed by atoms with Crippen molar-refractivity contribution in [2.45, 2.75) is 19.4 Å². The van der Waals surface area contributed by atoms with Gasteiger partial charge in [0, 0.05) is 18.4 Å². The Morgan fingerprint density at radius 2 is 2.31 bits per heavy atom. The second-order valence-electron chi connectivity index (χ2n) is 4.18. The molecule has 1 aliphatic heterocycles. The van der Waals surface area contributed by atoms with E-state index in [1.54, 1.807) is 6.92 Å². The molecule has 1 amide bonds. The maximum absolute atomic E-state index is 11.8. The molecule has 3 atom stereocenters. The van der Waals surface area contributed by atoms with Gasteiger partial charge in [0.25, 0.3) is 0 Å². The normalized spacial score (nSPS) is 31.6. The molecule has 2 rings (SSSR count). The molecule has 0 aromatic carbocycles.